The summed E-state index contributed by atoms with van der Waals surface area (Å²) in [5.41, 5.74) is -1.23. The van der Waals surface area contributed by atoms with Crippen LogP contribution in [0, 0.1) is 5.92 Å². The van der Waals surface area contributed by atoms with Crippen LogP contribution >= 0.6 is 0 Å². The summed E-state index contributed by atoms with van der Waals surface area (Å²) in [5.74, 6) is 0.416. The molecule has 48 heavy (non-hydrogen) atoms. The van der Waals surface area contributed by atoms with Crippen LogP contribution in [-0.2, 0) is 13.9 Å². The van der Waals surface area contributed by atoms with E-state index in [1.165, 1.54) is 10.4 Å². The zero-order valence-electron chi connectivity index (χ0n) is 31.3. The molecule has 1 aliphatic rings. The molecule has 0 spiro atoms. The predicted octanol–water partition coefficient (Wildman–Crippen LogP) is 8.61. The first-order chi connectivity index (χ1) is 22.4. The maximum Gasteiger partial charge on any atom is 0.410 e. The maximum atomic E-state index is 13.8. The first kappa shape index (κ1) is 39.3. The van der Waals surface area contributed by atoms with E-state index in [4.69, 9.17) is 13.9 Å². The molecule has 266 valence electrons. The minimum atomic E-state index is -2.61. The molecule has 1 saturated heterocycles. The highest BCUT2D eigenvalue weighted by molar-refractivity contribution is 6.99. The lowest BCUT2D eigenvalue weighted by atomic mass is 9.83. The van der Waals surface area contributed by atoms with E-state index in [0.717, 1.165) is 32.1 Å². The Balaban J connectivity index is 1.78. The van der Waals surface area contributed by atoms with E-state index in [0.29, 0.717) is 18.9 Å². The first-order valence-corrected chi connectivity index (χ1v) is 19.7. The van der Waals surface area contributed by atoms with Gasteiger partial charge >= 0.3 is 12.2 Å². The van der Waals surface area contributed by atoms with Crippen LogP contribution in [-0.4, -0.2) is 61.3 Å². The Kier molecular flexibility index (Phi) is 13.5. The highest BCUT2D eigenvalue weighted by atomic mass is 28.4. The number of nitrogens with zero attached hydrogens (tertiary/aromatic N) is 1. The molecule has 0 bridgehead atoms. The molecule has 0 unspecified atom stereocenters. The molecule has 2 aromatic carbocycles. The van der Waals surface area contributed by atoms with Gasteiger partial charge in [-0.3, -0.25) is 0 Å². The highest BCUT2D eigenvalue weighted by Crippen LogP contribution is 2.37. The van der Waals surface area contributed by atoms with E-state index in [1.54, 1.807) is 6.08 Å². The number of likely N-dealkylation sites (tertiary alicyclic amines) is 1. The highest BCUT2D eigenvalue weighted by Gasteiger charge is 2.50. The van der Waals surface area contributed by atoms with Gasteiger partial charge in [-0.05, 0) is 101 Å². The number of carbonyl (C=O) groups excluding carboxylic acids is 2. The summed E-state index contributed by atoms with van der Waals surface area (Å²) in [5, 5.41) is 5.43. The van der Waals surface area contributed by atoms with Crippen molar-refractivity contribution in [2.75, 3.05) is 6.61 Å². The van der Waals surface area contributed by atoms with E-state index in [1.807, 2.05) is 46.4 Å². The summed E-state index contributed by atoms with van der Waals surface area (Å²) in [6.45, 7) is 25.0. The summed E-state index contributed by atoms with van der Waals surface area (Å²) in [7, 11) is -2.61. The topological polar surface area (TPSA) is 77.1 Å². The normalized spacial score (nSPS) is 19.7. The molecule has 1 heterocycles. The summed E-state index contributed by atoms with van der Waals surface area (Å²) < 4.78 is 18.6. The third-order valence-electron chi connectivity index (χ3n) is 8.92. The van der Waals surface area contributed by atoms with Crippen LogP contribution in [0.1, 0.15) is 108 Å². The lowest BCUT2D eigenvalue weighted by molar-refractivity contribution is -0.0165. The van der Waals surface area contributed by atoms with Gasteiger partial charge < -0.3 is 24.1 Å². The molecule has 4 atom stereocenters. The number of alkyl carbamates (subject to hydrolysis) is 1. The minimum Gasteiger partial charge on any atom is -0.444 e. The van der Waals surface area contributed by atoms with Crippen LogP contribution in [0.4, 0.5) is 9.59 Å². The van der Waals surface area contributed by atoms with E-state index >= 15 is 0 Å². The SMILES string of the molecule is C=C[C@@H](C[C@@H]1C[C@@H](C)C[C@@H](CCCCO[Si](c2ccccc2)(c2ccccc2)C(C)(C)C)N1C(=O)OC(C)(C)C)NC(=O)OC(C)(C)C. The molecular formula is C40H62N2O5Si. The second kappa shape index (κ2) is 16.5. The summed E-state index contributed by atoms with van der Waals surface area (Å²) >= 11 is 0. The monoisotopic (exact) mass is 678 g/mol. The third kappa shape index (κ3) is 11.0. The van der Waals surface area contributed by atoms with Gasteiger partial charge in [-0.2, -0.15) is 0 Å². The molecule has 7 nitrogen and oxygen atoms in total. The Bertz CT molecular complexity index is 1270. The van der Waals surface area contributed by atoms with E-state index in [2.05, 4.69) is 100 Å². The Morgan fingerprint density at radius 3 is 1.85 bits per heavy atom. The number of ether oxygens (including phenoxy) is 2. The molecular weight excluding hydrogens is 617 g/mol. The van der Waals surface area contributed by atoms with Crippen LogP contribution in [0.2, 0.25) is 5.04 Å². The van der Waals surface area contributed by atoms with Gasteiger partial charge in [0.25, 0.3) is 8.32 Å². The van der Waals surface area contributed by atoms with Gasteiger partial charge in [-0.1, -0.05) is 94.4 Å². The zero-order chi connectivity index (χ0) is 35.8. The average molecular weight is 679 g/mol. The van der Waals surface area contributed by atoms with Crippen molar-refractivity contribution in [1.82, 2.24) is 10.2 Å². The van der Waals surface area contributed by atoms with Crippen molar-refractivity contribution in [3.63, 3.8) is 0 Å². The van der Waals surface area contributed by atoms with Crippen molar-refractivity contribution in [2.24, 2.45) is 5.92 Å². The van der Waals surface area contributed by atoms with Crippen LogP contribution in [0.5, 0.6) is 0 Å². The molecule has 2 aromatic rings. The number of nitrogens with one attached hydrogen (secondary N) is 1. The van der Waals surface area contributed by atoms with Gasteiger partial charge in [-0.15, -0.1) is 6.58 Å². The summed E-state index contributed by atoms with van der Waals surface area (Å²) in [6, 6.07) is 21.0. The Morgan fingerprint density at radius 1 is 0.854 bits per heavy atom. The van der Waals surface area contributed by atoms with Crippen molar-refractivity contribution in [3.05, 3.63) is 73.3 Å². The van der Waals surface area contributed by atoms with Gasteiger partial charge in [0.05, 0.1) is 6.04 Å². The lowest BCUT2D eigenvalue weighted by Crippen LogP contribution is -2.66. The molecule has 1 fully saturated rings. The number of amides is 2. The lowest BCUT2D eigenvalue weighted by Gasteiger charge is -2.46. The smallest absolute Gasteiger partial charge is 0.410 e. The predicted molar refractivity (Wildman–Crippen MR) is 199 cm³/mol. The molecule has 0 radical (unpaired) electrons. The average Bonchev–Trinajstić information content (AvgIpc) is 2.96. The van der Waals surface area contributed by atoms with Crippen LogP contribution in [0.3, 0.4) is 0 Å². The quantitative estimate of drug-likeness (QED) is 0.138. The first-order valence-electron chi connectivity index (χ1n) is 17.7. The van der Waals surface area contributed by atoms with Crippen molar-refractivity contribution >= 4 is 30.9 Å². The number of unbranched alkanes of at least 4 members (excludes halogenated alkanes) is 1. The van der Waals surface area contributed by atoms with Crippen LogP contribution in [0.25, 0.3) is 0 Å². The van der Waals surface area contributed by atoms with E-state index in [-0.39, 0.29) is 29.3 Å². The van der Waals surface area contributed by atoms with Gasteiger partial charge in [0.1, 0.15) is 11.2 Å². The second-order valence-electron chi connectivity index (χ2n) is 16.5. The van der Waals surface area contributed by atoms with Crippen molar-refractivity contribution < 1.29 is 23.5 Å². The second-order valence-corrected chi connectivity index (χ2v) is 20.8. The fourth-order valence-corrected chi connectivity index (χ4v) is 11.7. The number of piperidine rings is 1. The maximum absolute atomic E-state index is 13.8. The minimum absolute atomic E-state index is 0.0217. The standard InChI is InChI=1S/C40H62N2O5Si/c1-12-31(41-36(43)46-38(3,4)5)29-33-28-30(2)27-32(42(33)37(44)47-39(6,7)8)21-19-20-26-45-48(40(9,10)11,34-22-15-13-16-23-34)35-24-17-14-18-25-35/h12-18,22-25,30-33H,1,19-21,26-29H2,2-11H3,(H,41,43)/t30-,31-,32+,33-/m0/s1. The molecule has 8 heteroatoms. The molecule has 1 aliphatic heterocycles. The largest absolute Gasteiger partial charge is 0.444 e. The summed E-state index contributed by atoms with van der Waals surface area (Å²) in [4.78, 5) is 28.4. The van der Waals surface area contributed by atoms with Gasteiger partial charge in [0.15, 0.2) is 0 Å². The van der Waals surface area contributed by atoms with Gasteiger partial charge in [0, 0.05) is 18.7 Å². The van der Waals surface area contributed by atoms with Crippen LogP contribution < -0.4 is 15.7 Å². The Morgan fingerprint density at radius 2 is 1.38 bits per heavy atom. The number of benzene rings is 2. The molecule has 0 aliphatic carbocycles. The number of hydrogen-bond acceptors (Lipinski definition) is 5. The van der Waals surface area contributed by atoms with E-state index < -0.39 is 25.6 Å². The number of hydrogen-bond donors (Lipinski definition) is 1. The van der Waals surface area contributed by atoms with Gasteiger partial charge in [0.2, 0.25) is 0 Å². The van der Waals surface area contributed by atoms with Gasteiger partial charge in [-0.25, -0.2) is 9.59 Å². The zero-order valence-corrected chi connectivity index (χ0v) is 32.3. The molecule has 2 amide bonds. The fourth-order valence-electron chi connectivity index (χ4n) is 7.06. The molecule has 0 saturated carbocycles. The molecule has 1 N–H and O–H groups in total. The van der Waals surface area contributed by atoms with Crippen molar-refractivity contribution in [3.8, 4) is 0 Å². The number of rotatable bonds is 12. The van der Waals surface area contributed by atoms with Crippen molar-refractivity contribution in [1.29, 1.82) is 0 Å². The van der Waals surface area contributed by atoms with E-state index in [9.17, 15) is 9.59 Å². The number of carbonyl (C=O) groups is 2. The summed E-state index contributed by atoms with van der Waals surface area (Å²) in [6.07, 6.45) is 5.87. The third-order valence-corrected chi connectivity index (χ3v) is 14.0. The molecule has 0 aromatic heterocycles. The Labute approximate surface area is 291 Å². The fraction of sp³-hybridized carbons (Fsp3) is 0.600. The Hall–Kier alpha value is -3.10. The molecule has 3 rings (SSSR count). The van der Waals surface area contributed by atoms with Crippen molar-refractivity contribution in [2.45, 2.75) is 142 Å². The van der Waals surface area contributed by atoms with Crippen LogP contribution in [0.15, 0.2) is 73.3 Å².